The Morgan fingerprint density at radius 3 is 2.58 bits per heavy atom. The molecule has 4 aliphatic rings. The van der Waals surface area contributed by atoms with E-state index in [2.05, 4.69) is 6.07 Å². The topological polar surface area (TPSA) is 55.8 Å². The number of fused-ring (bicyclic) bond motifs is 5. The van der Waals surface area contributed by atoms with Crippen molar-refractivity contribution in [2.75, 3.05) is 13.2 Å². The summed E-state index contributed by atoms with van der Waals surface area (Å²) in [5.41, 5.74) is 1.19. The lowest BCUT2D eigenvalue weighted by atomic mass is 9.82. The molecule has 2 fully saturated rings. The van der Waals surface area contributed by atoms with Gasteiger partial charge in [0, 0.05) is 12.5 Å². The molecule has 1 aromatic rings. The van der Waals surface area contributed by atoms with E-state index in [0.29, 0.717) is 18.9 Å². The predicted molar refractivity (Wildman–Crippen MR) is 103 cm³/mol. The Bertz CT molecular complexity index is 672. The highest BCUT2D eigenvalue weighted by Gasteiger charge is 2.41. The average molecular weight is 378 g/mol. The number of amides is 1. The Morgan fingerprint density at radius 2 is 1.81 bits per heavy atom. The largest absolute Gasteiger partial charge is 0.483 e. The Kier molecular flexibility index (Phi) is 5.92. The number of nitrogens with zero attached hydrogens (tertiary/aromatic N) is 1. The van der Waals surface area contributed by atoms with Crippen LogP contribution in [0.2, 0.25) is 0 Å². The number of benzene rings is 1. The van der Waals surface area contributed by atoms with E-state index in [4.69, 9.17) is 9.47 Å². The number of ether oxygens (including phenoxy) is 2. The van der Waals surface area contributed by atoms with Gasteiger partial charge < -0.3 is 14.4 Å². The molecule has 2 atom stereocenters. The second kappa shape index (κ2) is 8.01. The minimum absolute atomic E-state index is 0. The second-order valence-corrected chi connectivity index (χ2v) is 7.47. The summed E-state index contributed by atoms with van der Waals surface area (Å²) in [6.07, 6.45) is 4.68. The zero-order valence-electron chi connectivity index (χ0n) is 15.1. The van der Waals surface area contributed by atoms with Crippen molar-refractivity contribution in [2.45, 2.75) is 63.1 Å². The number of carbonyl (C=O) groups is 2. The van der Waals surface area contributed by atoms with E-state index in [-0.39, 0.29) is 43.9 Å². The third-order valence-electron chi connectivity index (χ3n) is 5.84. The van der Waals surface area contributed by atoms with Crippen LogP contribution in [-0.4, -0.2) is 48.0 Å². The first-order valence-electron chi connectivity index (χ1n) is 9.30. The molecule has 2 bridgehead atoms. The summed E-state index contributed by atoms with van der Waals surface area (Å²) < 4.78 is 12.0. The van der Waals surface area contributed by atoms with Crippen molar-refractivity contribution in [1.82, 2.24) is 4.90 Å². The van der Waals surface area contributed by atoms with Crippen LogP contribution in [0.4, 0.5) is 0 Å². The molecule has 0 spiro atoms. The third kappa shape index (κ3) is 3.62. The van der Waals surface area contributed by atoms with Gasteiger partial charge in [0.2, 0.25) is 0 Å². The van der Waals surface area contributed by atoms with Crippen molar-refractivity contribution in [3.63, 3.8) is 0 Å². The zero-order valence-corrected chi connectivity index (χ0v) is 16.1. The van der Waals surface area contributed by atoms with Gasteiger partial charge >= 0.3 is 0 Å². The number of ketones is 1. The minimum atomic E-state index is -0.458. The summed E-state index contributed by atoms with van der Waals surface area (Å²) in [6, 6.07) is 7.48. The summed E-state index contributed by atoms with van der Waals surface area (Å²) in [7, 11) is 0. The van der Waals surface area contributed by atoms with Gasteiger partial charge in [-0.3, -0.25) is 9.59 Å². The van der Waals surface area contributed by atoms with Gasteiger partial charge in [-0.2, -0.15) is 13.5 Å². The molecule has 0 unspecified atom stereocenters. The van der Waals surface area contributed by atoms with Gasteiger partial charge in [-0.1, -0.05) is 18.2 Å². The van der Waals surface area contributed by atoms with E-state index in [1.807, 2.05) is 25.1 Å². The van der Waals surface area contributed by atoms with Crippen molar-refractivity contribution in [3.05, 3.63) is 29.8 Å². The van der Waals surface area contributed by atoms with Crippen LogP contribution in [0.25, 0.3) is 0 Å². The quantitative estimate of drug-likeness (QED) is 0.698. The Labute approximate surface area is 161 Å². The monoisotopic (exact) mass is 377 g/mol. The zero-order chi connectivity index (χ0) is 17.4. The molecule has 1 saturated heterocycles. The number of hydrogen-bond acceptors (Lipinski definition) is 4. The minimum Gasteiger partial charge on any atom is -0.483 e. The third-order valence-corrected chi connectivity index (χ3v) is 5.84. The molecule has 3 heterocycles. The van der Waals surface area contributed by atoms with Crippen molar-refractivity contribution in [1.29, 1.82) is 0 Å². The predicted octanol–water partition coefficient (Wildman–Crippen LogP) is 2.79. The van der Waals surface area contributed by atoms with Gasteiger partial charge in [0.15, 0.2) is 12.4 Å². The Hall–Kier alpha value is -1.53. The van der Waals surface area contributed by atoms with Crippen LogP contribution < -0.4 is 4.74 Å². The van der Waals surface area contributed by atoms with Gasteiger partial charge in [-0.05, 0) is 50.2 Å². The maximum atomic E-state index is 12.7. The van der Waals surface area contributed by atoms with Crippen molar-refractivity contribution < 1.29 is 19.1 Å². The molecular formula is C20H27NO4S. The molecule has 6 heteroatoms. The highest BCUT2D eigenvalue weighted by molar-refractivity contribution is 7.59. The lowest BCUT2D eigenvalue weighted by Gasteiger charge is -2.31. The van der Waals surface area contributed by atoms with E-state index in [9.17, 15) is 9.59 Å². The Balaban J connectivity index is 0.00000196. The lowest BCUT2D eigenvalue weighted by molar-refractivity contribution is -0.140. The van der Waals surface area contributed by atoms with Crippen molar-refractivity contribution >= 4 is 25.2 Å². The molecule has 1 amide bonds. The van der Waals surface area contributed by atoms with Gasteiger partial charge in [-0.25, -0.2) is 0 Å². The van der Waals surface area contributed by atoms with Crippen LogP contribution in [0, 0.1) is 0 Å². The number of hydrogen-bond donors (Lipinski definition) is 0. The molecule has 5 rings (SSSR count). The van der Waals surface area contributed by atoms with Crippen molar-refractivity contribution in [2.24, 2.45) is 0 Å². The lowest BCUT2D eigenvalue weighted by Crippen LogP contribution is -2.46. The molecule has 1 aromatic carbocycles. The van der Waals surface area contributed by atoms with Gasteiger partial charge in [0.05, 0.1) is 12.7 Å². The normalized spacial score (nSPS) is 31.7. The smallest absolute Gasteiger partial charge is 0.261 e. The first-order chi connectivity index (χ1) is 12.1. The number of Topliss-reactive ketones (excluding diaryl/α,β-unsaturated/α-hetero) is 1. The highest BCUT2D eigenvalue weighted by Crippen LogP contribution is 2.39. The van der Waals surface area contributed by atoms with Crippen LogP contribution in [0.15, 0.2) is 24.3 Å². The van der Waals surface area contributed by atoms with Crippen molar-refractivity contribution in [3.8, 4) is 5.75 Å². The maximum absolute atomic E-state index is 12.7. The summed E-state index contributed by atoms with van der Waals surface area (Å²) in [5.74, 6) is 1.22. The highest BCUT2D eigenvalue weighted by atomic mass is 32.1. The molecule has 5 nitrogen and oxygen atoms in total. The van der Waals surface area contributed by atoms with Crippen LogP contribution >= 0.6 is 13.5 Å². The SMILES string of the molecule is C[C@@H]1CC(=O)[C@@H]2COC3CCC(CC3)c3ccccc3OCC(=O)N12.S. The van der Waals surface area contributed by atoms with Gasteiger partial charge in [-0.15, -0.1) is 0 Å². The molecule has 3 aliphatic heterocycles. The van der Waals surface area contributed by atoms with Crippen LogP contribution in [0.1, 0.15) is 50.5 Å². The van der Waals surface area contributed by atoms with E-state index in [1.54, 1.807) is 4.90 Å². The average Bonchev–Trinajstić information content (AvgIpc) is 2.92. The standard InChI is InChI=1S/C20H25NO4.H2S/c1-13-10-18(22)17-11-24-15-8-6-14(7-9-15)16-4-2-3-5-19(16)25-12-20(23)21(13)17;/h2-5,13-15,17H,6-12H2,1H3;1H2/t13-,14?,15?,17+;/m1./s1. The number of carbonyl (C=O) groups excluding carboxylic acids is 2. The summed E-state index contributed by atoms with van der Waals surface area (Å²) in [5, 5.41) is 0. The summed E-state index contributed by atoms with van der Waals surface area (Å²) in [4.78, 5) is 26.7. The number of rotatable bonds is 0. The number of para-hydroxylation sites is 1. The van der Waals surface area contributed by atoms with Gasteiger partial charge in [0.1, 0.15) is 11.8 Å². The molecular weight excluding hydrogens is 350 g/mol. The first-order valence-corrected chi connectivity index (χ1v) is 9.30. The molecule has 1 saturated carbocycles. The van der Waals surface area contributed by atoms with E-state index in [0.717, 1.165) is 31.4 Å². The summed E-state index contributed by atoms with van der Waals surface area (Å²) >= 11 is 0. The van der Waals surface area contributed by atoms with E-state index < -0.39 is 6.04 Å². The molecule has 0 aromatic heterocycles. The fourth-order valence-corrected chi connectivity index (χ4v) is 4.51. The van der Waals surface area contributed by atoms with Crippen LogP contribution in [0.5, 0.6) is 5.75 Å². The molecule has 142 valence electrons. The molecule has 26 heavy (non-hydrogen) atoms. The van der Waals surface area contributed by atoms with E-state index >= 15 is 0 Å². The second-order valence-electron chi connectivity index (χ2n) is 7.47. The molecule has 0 N–H and O–H groups in total. The van der Waals surface area contributed by atoms with E-state index in [1.165, 1.54) is 5.56 Å². The molecule has 0 radical (unpaired) electrons. The van der Waals surface area contributed by atoms with Crippen LogP contribution in [0.3, 0.4) is 0 Å². The van der Waals surface area contributed by atoms with Gasteiger partial charge in [0.25, 0.3) is 5.91 Å². The molecule has 1 aliphatic carbocycles. The Morgan fingerprint density at radius 1 is 1.08 bits per heavy atom. The fourth-order valence-electron chi connectivity index (χ4n) is 4.51. The fraction of sp³-hybridized carbons (Fsp3) is 0.600. The first kappa shape index (κ1) is 19.2. The maximum Gasteiger partial charge on any atom is 0.261 e. The summed E-state index contributed by atoms with van der Waals surface area (Å²) in [6.45, 7) is 2.21. The van der Waals surface area contributed by atoms with Crippen LogP contribution in [-0.2, 0) is 14.3 Å².